The van der Waals surface area contributed by atoms with Crippen LogP contribution in [0.1, 0.15) is 38.4 Å². The zero-order valence-electron chi connectivity index (χ0n) is 21.0. The Balaban J connectivity index is 1.32. The maximum absolute atomic E-state index is 12.5. The molecule has 0 aliphatic carbocycles. The SMILES string of the molecule is Cc1ccc(N2CCN(Cc3cc(=O)[nH]c(N4CCN(C(=O)CC(C)(C)C)CC4)n3)CC2)cc1. The predicted molar refractivity (Wildman–Crippen MR) is 136 cm³/mol. The largest absolute Gasteiger partial charge is 0.369 e. The molecule has 1 aromatic carbocycles. The molecular weight excluding hydrogens is 428 g/mol. The minimum absolute atomic E-state index is 0.0129. The number of H-pyrrole nitrogens is 1. The van der Waals surface area contributed by atoms with Crippen molar-refractivity contribution in [2.75, 3.05) is 62.2 Å². The quantitative estimate of drug-likeness (QED) is 0.730. The van der Waals surface area contributed by atoms with Gasteiger partial charge in [-0.25, -0.2) is 4.98 Å². The molecule has 0 saturated carbocycles. The molecule has 8 heteroatoms. The fourth-order valence-electron chi connectivity index (χ4n) is 4.61. The Bertz CT molecular complexity index is 1030. The summed E-state index contributed by atoms with van der Waals surface area (Å²) in [6.45, 7) is 15.5. The number of carbonyl (C=O) groups excluding carboxylic acids is 1. The minimum atomic E-state index is -0.121. The topological polar surface area (TPSA) is 75.8 Å². The molecular formula is C26H38N6O2. The van der Waals surface area contributed by atoms with Crippen LogP contribution in [-0.2, 0) is 11.3 Å². The minimum Gasteiger partial charge on any atom is -0.369 e. The van der Waals surface area contributed by atoms with Crippen molar-refractivity contribution in [3.8, 4) is 0 Å². The van der Waals surface area contributed by atoms with Gasteiger partial charge in [-0.3, -0.25) is 19.5 Å². The van der Waals surface area contributed by atoms with Crippen molar-refractivity contribution in [3.63, 3.8) is 0 Å². The van der Waals surface area contributed by atoms with Gasteiger partial charge in [0.25, 0.3) is 5.56 Å². The molecule has 2 aliphatic rings. The predicted octanol–water partition coefficient (Wildman–Crippen LogP) is 2.49. The van der Waals surface area contributed by atoms with E-state index >= 15 is 0 Å². The number of aryl methyl sites for hydroxylation is 1. The second-order valence-electron chi connectivity index (χ2n) is 10.8. The number of benzene rings is 1. The second-order valence-corrected chi connectivity index (χ2v) is 10.8. The summed E-state index contributed by atoms with van der Waals surface area (Å²) >= 11 is 0. The summed E-state index contributed by atoms with van der Waals surface area (Å²) in [5.74, 6) is 0.816. The van der Waals surface area contributed by atoms with Crippen LogP contribution in [0.4, 0.5) is 11.6 Å². The molecule has 1 aromatic heterocycles. The average molecular weight is 467 g/mol. The van der Waals surface area contributed by atoms with Gasteiger partial charge in [-0.1, -0.05) is 38.5 Å². The van der Waals surface area contributed by atoms with Gasteiger partial charge in [0.15, 0.2) is 0 Å². The lowest BCUT2D eigenvalue weighted by molar-refractivity contribution is -0.133. The number of aromatic nitrogens is 2. The van der Waals surface area contributed by atoms with E-state index in [9.17, 15) is 9.59 Å². The van der Waals surface area contributed by atoms with E-state index < -0.39 is 0 Å². The van der Waals surface area contributed by atoms with Gasteiger partial charge in [-0.15, -0.1) is 0 Å². The third kappa shape index (κ3) is 6.38. The molecule has 34 heavy (non-hydrogen) atoms. The zero-order valence-corrected chi connectivity index (χ0v) is 21.0. The summed E-state index contributed by atoms with van der Waals surface area (Å²) in [4.78, 5) is 41.4. The Morgan fingerprint density at radius 2 is 1.56 bits per heavy atom. The van der Waals surface area contributed by atoms with Gasteiger partial charge in [0.2, 0.25) is 11.9 Å². The van der Waals surface area contributed by atoms with Crippen molar-refractivity contribution in [2.45, 2.75) is 40.7 Å². The van der Waals surface area contributed by atoms with Crippen LogP contribution in [0, 0.1) is 12.3 Å². The highest BCUT2D eigenvalue weighted by Crippen LogP contribution is 2.21. The number of nitrogens with one attached hydrogen (secondary N) is 1. The highest BCUT2D eigenvalue weighted by Gasteiger charge is 2.26. The lowest BCUT2D eigenvalue weighted by Gasteiger charge is -2.37. The van der Waals surface area contributed by atoms with E-state index in [-0.39, 0.29) is 16.9 Å². The van der Waals surface area contributed by atoms with Crippen LogP contribution in [0.15, 0.2) is 35.1 Å². The maximum atomic E-state index is 12.5. The Morgan fingerprint density at radius 1 is 0.941 bits per heavy atom. The number of aromatic amines is 1. The highest BCUT2D eigenvalue weighted by atomic mass is 16.2. The fourth-order valence-corrected chi connectivity index (χ4v) is 4.61. The third-order valence-corrected chi connectivity index (χ3v) is 6.55. The van der Waals surface area contributed by atoms with E-state index in [1.54, 1.807) is 6.07 Å². The van der Waals surface area contributed by atoms with Crippen molar-refractivity contribution in [1.29, 1.82) is 0 Å². The molecule has 0 unspecified atom stereocenters. The molecule has 184 valence electrons. The van der Waals surface area contributed by atoms with E-state index in [1.807, 2.05) is 4.90 Å². The first-order chi connectivity index (χ1) is 16.2. The van der Waals surface area contributed by atoms with E-state index in [0.29, 0.717) is 45.1 Å². The van der Waals surface area contributed by atoms with Crippen LogP contribution < -0.4 is 15.4 Å². The fraction of sp³-hybridized carbons (Fsp3) is 0.577. The van der Waals surface area contributed by atoms with Crippen molar-refractivity contribution < 1.29 is 4.79 Å². The zero-order chi connectivity index (χ0) is 24.3. The number of rotatable bonds is 5. The van der Waals surface area contributed by atoms with Crippen molar-refractivity contribution in [1.82, 2.24) is 19.8 Å². The summed E-state index contributed by atoms with van der Waals surface area (Å²) in [7, 11) is 0. The molecule has 3 heterocycles. The maximum Gasteiger partial charge on any atom is 0.252 e. The number of carbonyl (C=O) groups is 1. The van der Waals surface area contributed by atoms with Crippen molar-refractivity contribution in [3.05, 3.63) is 51.9 Å². The monoisotopic (exact) mass is 466 g/mol. The Kier molecular flexibility index (Phi) is 7.26. The molecule has 1 N–H and O–H groups in total. The second kappa shape index (κ2) is 10.2. The van der Waals surface area contributed by atoms with Gasteiger partial charge >= 0.3 is 0 Å². The molecule has 0 atom stereocenters. The molecule has 0 bridgehead atoms. The van der Waals surface area contributed by atoms with Gasteiger partial charge in [0.05, 0.1) is 5.69 Å². The standard InChI is InChI=1S/C26H38N6O2/c1-20-5-7-22(8-6-20)30-11-9-29(10-12-30)19-21-17-23(33)28-25(27-21)32-15-13-31(14-16-32)24(34)18-26(2,3)4/h5-8,17H,9-16,18-19H2,1-4H3,(H,27,28,33). The number of nitrogens with zero attached hydrogens (tertiary/aromatic N) is 5. The Labute approximate surface area is 202 Å². The highest BCUT2D eigenvalue weighted by molar-refractivity contribution is 5.77. The van der Waals surface area contributed by atoms with Gasteiger partial charge in [-0.2, -0.15) is 0 Å². The van der Waals surface area contributed by atoms with Crippen molar-refractivity contribution >= 4 is 17.5 Å². The van der Waals surface area contributed by atoms with E-state index in [1.165, 1.54) is 11.3 Å². The number of hydrogen-bond acceptors (Lipinski definition) is 6. The van der Waals surface area contributed by atoms with Gasteiger partial charge in [-0.05, 0) is 24.5 Å². The number of piperazine rings is 2. The summed E-state index contributed by atoms with van der Waals surface area (Å²) < 4.78 is 0. The lowest BCUT2D eigenvalue weighted by atomic mass is 9.91. The molecule has 8 nitrogen and oxygen atoms in total. The first-order valence-electron chi connectivity index (χ1n) is 12.3. The van der Waals surface area contributed by atoms with Crippen LogP contribution in [0.2, 0.25) is 0 Å². The number of anilines is 2. The van der Waals surface area contributed by atoms with Gasteiger partial charge in [0, 0.05) is 77.1 Å². The molecule has 1 amide bonds. The molecule has 2 aliphatic heterocycles. The summed E-state index contributed by atoms with van der Waals surface area (Å²) in [6.07, 6.45) is 0.550. The van der Waals surface area contributed by atoms with Crippen LogP contribution in [0.25, 0.3) is 0 Å². The molecule has 2 aromatic rings. The van der Waals surface area contributed by atoms with Crippen LogP contribution in [0.3, 0.4) is 0 Å². The van der Waals surface area contributed by atoms with Crippen molar-refractivity contribution in [2.24, 2.45) is 5.41 Å². The molecule has 2 saturated heterocycles. The third-order valence-electron chi connectivity index (χ3n) is 6.55. The summed E-state index contributed by atoms with van der Waals surface area (Å²) in [5.41, 5.74) is 3.21. The first-order valence-corrected chi connectivity index (χ1v) is 12.3. The number of amides is 1. The molecule has 0 spiro atoms. The van der Waals surface area contributed by atoms with E-state index in [4.69, 9.17) is 4.98 Å². The van der Waals surface area contributed by atoms with Gasteiger partial charge in [0.1, 0.15) is 0 Å². The lowest BCUT2D eigenvalue weighted by Crippen LogP contribution is -2.50. The van der Waals surface area contributed by atoms with Crippen LogP contribution >= 0.6 is 0 Å². The normalized spacial score (nSPS) is 17.8. The van der Waals surface area contributed by atoms with Gasteiger partial charge < -0.3 is 14.7 Å². The first kappa shape index (κ1) is 24.3. The average Bonchev–Trinajstić information content (AvgIpc) is 2.79. The molecule has 2 fully saturated rings. The number of hydrogen-bond donors (Lipinski definition) is 1. The Morgan fingerprint density at radius 3 is 2.18 bits per heavy atom. The Hall–Kier alpha value is -2.87. The summed E-state index contributed by atoms with van der Waals surface area (Å²) in [5, 5.41) is 0. The smallest absolute Gasteiger partial charge is 0.252 e. The molecule has 4 rings (SSSR count). The summed E-state index contributed by atoms with van der Waals surface area (Å²) in [6, 6.07) is 10.3. The van der Waals surface area contributed by atoms with E-state index in [0.717, 1.165) is 31.9 Å². The molecule has 0 radical (unpaired) electrons. The van der Waals surface area contributed by atoms with Crippen LogP contribution in [0.5, 0.6) is 0 Å². The van der Waals surface area contributed by atoms with Crippen LogP contribution in [-0.4, -0.2) is 78.0 Å². The van der Waals surface area contributed by atoms with E-state index in [2.05, 4.69) is 71.6 Å².